The Morgan fingerprint density at radius 1 is 1.23 bits per heavy atom. The van der Waals surface area contributed by atoms with Crippen molar-refractivity contribution in [3.63, 3.8) is 0 Å². The maximum atomic E-state index is 13.0. The van der Waals surface area contributed by atoms with Crippen LogP contribution < -0.4 is 10.2 Å². The van der Waals surface area contributed by atoms with E-state index in [1.54, 1.807) is 19.2 Å². The number of anilines is 1. The van der Waals surface area contributed by atoms with Crippen LogP contribution in [0.25, 0.3) is 0 Å². The van der Waals surface area contributed by atoms with E-state index in [0.717, 1.165) is 17.7 Å². The molecule has 26 heavy (non-hydrogen) atoms. The summed E-state index contributed by atoms with van der Waals surface area (Å²) in [7, 11) is 3.56. The molecule has 0 unspecified atom stereocenters. The summed E-state index contributed by atoms with van der Waals surface area (Å²) in [5, 5.41) is 3.12. The Kier molecular flexibility index (Phi) is 5.51. The summed E-state index contributed by atoms with van der Waals surface area (Å²) in [5.41, 5.74) is 3.17. The van der Waals surface area contributed by atoms with Gasteiger partial charge >= 0.3 is 0 Å². The lowest BCUT2D eigenvalue weighted by molar-refractivity contribution is -0.117. The molecular weight excluding hydrogens is 331 g/mol. The van der Waals surface area contributed by atoms with Crippen molar-refractivity contribution in [2.24, 2.45) is 4.99 Å². The van der Waals surface area contributed by atoms with Crippen LogP contribution in [0, 0.1) is 5.82 Å². The minimum atomic E-state index is -0.254. The third-order valence-electron chi connectivity index (χ3n) is 4.49. The number of carbonyl (C=O) groups is 1. The number of para-hydroxylation sites is 1. The topological polar surface area (TPSA) is 47.9 Å². The summed E-state index contributed by atoms with van der Waals surface area (Å²) in [6.45, 7) is 1.46. The molecule has 0 aliphatic carbocycles. The highest BCUT2D eigenvalue weighted by atomic mass is 19.1. The zero-order valence-electron chi connectivity index (χ0n) is 15.1. The van der Waals surface area contributed by atoms with E-state index in [-0.39, 0.29) is 18.3 Å². The highest BCUT2D eigenvalue weighted by molar-refractivity contribution is 5.98. The number of amides is 1. The van der Waals surface area contributed by atoms with Gasteiger partial charge in [-0.1, -0.05) is 30.3 Å². The summed E-state index contributed by atoms with van der Waals surface area (Å²) in [6.07, 6.45) is 0.890. The molecule has 2 aromatic rings. The van der Waals surface area contributed by atoms with Crippen LogP contribution in [0.2, 0.25) is 0 Å². The van der Waals surface area contributed by atoms with Gasteiger partial charge < -0.3 is 15.1 Å². The summed E-state index contributed by atoms with van der Waals surface area (Å²) < 4.78 is 13.0. The van der Waals surface area contributed by atoms with Crippen LogP contribution in [0.3, 0.4) is 0 Å². The van der Waals surface area contributed by atoms with Crippen LogP contribution >= 0.6 is 0 Å². The van der Waals surface area contributed by atoms with E-state index in [1.807, 2.05) is 35.0 Å². The highest BCUT2D eigenvalue weighted by Crippen LogP contribution is 2.27. The molecular formula is C20H23FN4O. The molecule has 1 N–H and O–H groups in total. The number of hydrogen-bond acceptors (Lipinski definition) is 2. The summed E-state index contributed by atoms with van der Waals surface area (Å²) >= 11 is 0. The fourth-order valence-electron chi connectivity index (χ4n) is 3.17. The molecule has 0 atom stereocenters. The van der Waals surface area contributed by atoms with Crippen molar-refractivity contribution in [3.05, 3.63) is 65.5 Å². The largest absolute Gasteiger partial charge is 0.347 e. The Bertz CT molecular complexity index is 804. The number of nitrogens with zero attached hydrogens (tertiary/aromatic N) is 3. The van der Waals surface area contributed by atoms with E-state index in [1.165, 1.54) is 17.7 Å². The molecule has 2 aromatic carbocycles. The van der Waals surface area contributed by atoms with Crippen molar-refractivity contribution in [1.29, 1.82) is 0 Å². The first-order chi connectivity index (χ1) is 12.6. The quantitative estimate of drug-likeness (QED) is 0.678. The van der Waals surface area contributed by atoms with Crippen molar-refractivity contribution in [2.45, 2.75) is 13.0 Å². The lowest BCUT2D eigenvalue weighted by Gasteiger charge is -2.23. The summed E-state index contributed by atoms with van der Waals surface area (Å²) in [6, 6.07) is 14.4. The van der Waals surface area contributed by atoms with Gasteiger partial charge in [0.05, 0.1) is 6.54 Å². The van der Waals surface area contributed by atoms with Crippen LogP contribution in [0.5, 0.6) is 0 Å². The average Bonchev–Trinajstić information content (AvgIpc) is 3.08. The number of fused-ring (bicyclic) bond motifs is 1. The minimum absolute atomic E-state index is 0.0197. The molecule has 136 valence electrons. The average molecular weight is 354 g/mol. The first kappa shape index (κ1) is 17.9. The maximum absolute atomic E-state index is 13.0. The Morgan fingerprint density at radius 3 is 2.69 bits per heavy atom. The van der Waals surface area contributed by atoms with E-state index >= 15 is 0 Å². The molecule has 6 heteroatoms. The molecule has 0 radical (unpaired) electrons. The van der Waals surface area contributed by atoms with E-state index in [9.17, 15) is 9.18 Å². The van der Waals surface area contributed by atoms with E-state index in [0.29, 0.717) is 19.0 Å². The number of rotatable bonds is 4. The standard InChI is InChI=1S/C20H23FN4O/c1-22-20(24(2)14-15-7-9-17(21)10-8-15)23-13-19(26)25-12-11-16-5-3-4-6-18(16)25/h3-10H,11-14H2,1-2H3,(H,22,23). The SMILES string of the molecule is CN=C(NCC(=O)N1CCc2ccccc21)N(C)Cc1ccc(F)cc1. The van der Waals surface area contributed by atoms with E-state index in [2.05, 4.69) is 16.4 Å². The Morgan fingerprint density at radius 2 is 1.96 bits per heavy atom. The number of carbonyl (C=O) groups excluding carboxylic acids is 1. The number of hydrogen-bond donors (Lipinski definition) is 1. The van der Waals surface area contributed by atoms with Crippen molar-refractivity contribution in [3.8, 4) is 0 Å². The van der Waals surface area contributed by atoms with Gasteiger partial charge in [-0.25, -0.2) is 4.39 Å². The normalized spacial score (nSPS) is 13.5. The van der Waals surface area contributed by atoms with Crippen molar-refractivity contribution in [2.75, 3.05) is 32.1 Å². The number of benzene rings is 2. The molecule has 1 heterocycles. The molecule has 3 rings (SSSR count). The van der Waals surface area contributed by atoms with Crippen LogP contribution in [0.1, 0.15) is 11.1 Å². The van der Waals surface area contributed by atoms with Gasteiger partial charge in [-0.2, -0.15) is 0 Å². The van der Waals surface area contributed by atoms with Gasteiger partial charge in [0, 0.05) is 32.9 Å². The minimum Gasteiger partial charge on any atom is -0.347 e. The number of guanidine groups is 1. The molecule has 0 spiro atoms. The van der Waals surface area contributed by atoms with Gasteiger partial charge in [0.15, 0.2) is 5.96 Å². The molecule has 0 saturated carbocycles. The predicted molar refractivity (Wildman–Crippen MR) is 102 cm³/mol. The molecule has 0 fully saturated rings. The third-order valence-corrected chi connectivity index (χ3v) is 4.49. The highest BCUT2D eigenvalue weighted by Gasteiger charge is 2.24. The second-order valence-corrected chi connectivity index (χ2v) is 6.31. The van der Waals surface area contributed by atoms with Crippen LogP contribution in [0.15, 0.2) is 53.5 Å². The Hall–Kier alpha value is -2.89. The van der Waals surface area contributed by atoms with Gasteiger partial charge in [-0.05, 0) is 35.7 Å². The molecule has 0 saturated heterocycles. The lowest BCUT2D eigenvalue weighted by Crippen LogP contribution is -2.44. The molecule has 1 aliphatic heterocycles. The molecule has 5 nitrogen and oxygen atoms in total. The predicted octanol–water partition coefficient (Wildman–Crippen LogP) is 2.42. The first-order valence-corrected chi connectivity index (χ1v) is 8.63. The van der Waals surface area contributed by atoms with Crippen LogP contribution in [0.4, 0.5) is 10.1 Å². The van der Waals surface area contributed by atoms with E-state index < -0.39 is 0 Å². The number of halogens is 1. The third kappa shape index (κ3) is 4.02. The zero-order chi connectivity index (χ0) is 18.5. The van der Waals surface area contributed by atoms with Gasteiger partial charge in [-0.15, -0.1) is 0 Å². The number of nitrogens with one attached hydrogen (secondary N) is 1. The zero-order valence-corrected chi connectivity index (χ0v) is 15.1. The Labute approximate surface area is 153 Å². The van der Waals surface area contributed by atoms with Crippen molar-refractivity contribution in [1.82, 2.24) is 10.2 Å². The summed E-state index contributed by atoms with van der Waals surface area (Å²) in [4.78, 5) is 20.5. The lowest BCUT2D eigenvalue weighted by atomic mass is 10.2. The fraction of sp³-hybridized carbons (Fsp3) is 0.300. The fourth-order valence-corrected chi connectivity index (χ4v) is 3.17. The number of aliphatic imine (C=N–C) groups is 1. The second-order valence-electron chi connectivity index (χ2n) is 6.31. The first-order valence-electron chi connectivity index (χ1n) is 8.63. The van der Waals surface area contributed by atoms with Crippen LogP contribution in [-0.4, -0.2) is 44.0 Å². The monoisotopic (exact) mass is 354 g/mol. The Balaban J connectivity index is 1.57. The van der Waals surface area contributed by atoms with Crippen molar-refractivity contribution >= 4 is 17.6 Å². The van der Waals surface area contributed by atoms with Gasteiger partial charge in [0.1, 0.15) is 5.82 Å². The van der Waals surface area contributed by atoms with Crippen molar-refractivity contribution < 1.29 is 9.18 Å². The molecule has 0 aromatic heterocycles. The van der Waals surface area contributed by atoms with Gasteiger partial charge in [0.25, 0.3) is 0 Å². The van der Waals surface area contributed by atoms with Gasteiger partial charge in [0.2, 0.25) is 5.91 Å². The summed E-state index contributed by atoms with van der Waals surface area (Å²) in [5.74, 6) is 0.386. The van der Waals surface area contributed by atoms with E-state index in [4.69, 9.17) is 0 Å². The second kappa shape index (κ2) is 7.99. The molecule has 1 amide bonds. The maximum Gasteiger partial charge on any atom is 0.246 e. The van der Waals surface area contributed by atoms with Gasteiger partial charge in [-0.3, -0.25) is 9.79 Å². The van der Waals surface area contributed by atoms with Crippen LogP contribution in [-0.2, 0) is 17.8 Å². The molecule has 1 aliphatic rings. The smallest absolute Gasteiger partial charge is 0.246 e. The molecule has 0 bridgehead atoms.